The van der Waals surface area contributed by atoms with E-state index in [4.69, 9.17) is 4.74 Å². The lowest BCUT2D eigenvalue weighted by Gasteiger charge is -2.22. The molecular weight excluding hydrogens is 406 g/mol. The van der Waals surface area contributed by atoms with Crippen LogP contribution in [-0.2, 0) is 14.3 Å². The third-order valence-corrected chi connectivity index (χ3v) is 4.41. The van der Waals surface area contributed by atoms with Crippen molar-refractivity contribution < 1.29 is 29.3 Å². The molecule has 0 radical (unpaired) electrons. The van der Waals surface area contributed by atoms with Crippen molar-refractivity contribution in [3.8, 4) is 0 Å². The molecule has 1 aliphatic rings. The molecule has 0 bridgehead atoms. The Hall–Kier alpha value is -1.48. The number of rotatable bonds is 6. The van der Waals surface area contributed by atoms with Gasteiger partial charge in [-0.2, -0.15) is 0 Å². The van der Waals surface area contributed by atoms with Crippen LogP contribution in [-0.4, -0.2) is 63.6 Å². The van der Waals surface area contributed by atoms with Crippen molar-refractivity contribution in [1.82, 2.24) is 4.90 Å². The van der Waals surface area contributed by atoms with E-state index in [-0.39, 0.29) is 26.2 Å². The number of aliphatic hydroxyl groups is 2. The Morgan fingerprint density at radius 3 is 2.42 bits per heavy atom. The smallest absolute Gasteiger partial charge is 0.416 e. The molecule has 0 aliphatic carbocycles. The molecule has 1 aromatic rings. The fourth-order valence-corrected chi connectivity index (χ4v) is 2.53. The van der Waals surface area contributed by atoms with Gasteiger partial charge in [0.15, 0.2) is 5.79 Å². The second-order valence-corrected chi connectivity index (χ2v) is 7.30. The standard InChI is InChI=1S/C11H18BrNO6.C7H8/c1-11(2,17)19-5-3-7(14)8(12)9(15)13-4-6-18-10(13)16;1-7-5-3-2-4-6-7/h7-8,14,17H,3-6H2,1-2H3;2-6H,1H3. The van der Waals surface area contributed by atoms with Gasteiger partial charge in [-0.25, -0.2) is 9.69 Å². The van der Waals surface area contributed by atoms with E-state index < -0.39 is 28.7 Å². The van der Waals surface area contributed by atoms with Gasteiger partial charge in [0, 0.05) is 0 Å². The molecule has 0 aromatic heterocycles. The summed E-state index contributed by atoms with van der Waals surface area (Å²) < 4.78 is 9.68. The van der Waals surface area contributed by atoms with Crippen LogP contribution in [0.1, 0.15) is 25.8 Å². The number of carbonyl (C=O) groups is 2. The zero-order valence-electron chi connectivity index (χ0n) is 15.2. The average molecular weight is 432 g/mol. The number of aryl methyl sites for hydroxylation is 1. The second kappa shape index (κ2) is 10.6. The summed E-state index contributed by atoms with van der Waals surface area (Å²) in [7, 11) is 0. The monoisotopic (exact) mass is 431 g/mol. The first kappa shape index (κ1) is 22.6. The molecule has 0 saturated carbocycles. The van der Waals surface area contributed by atoms with E-state index in [0.717, 1.165) is 4.90 Å². The second-order valence-electron chi connectivity index (χ2n) is 6.31. The fourth-order valence-electron chi connectivity index (χ4n) is 2.02. The zero-order chi connectivity index (χ0) is 19.7. The van der Waals surface area contributed by atoms with Crippen molar-refractivity contribution >= 4 is 27.9 Å². The quantitative estimate of drug-likeness (QED) is 0.529. The topological polar surface area (TPSA) is 96.3 Å². The Labute approximate surface area is 162 Å². The summed E-state index contributed by atoms with van der Waals surface area (Å²) in [5.41, 5.74) is 1.32. The number of hydrogen-bond donors (Lipinski definition) is 2. The summed E-state index contributed by atoms with van der Waals surface area (Å²) >= 11 is 3.06. The number of cyclic esters (lactones) is 1. The third kappa shape index (κ3) is 8.27. The van der Waals surface area contributed by atoms with Crippen LogP contribution < -0.4 is 0 Å². The van der Waals surface area contributed by atoms with Crippen molar-refractivity contribution in [1.29, 1.82) is 0 Å². The van der Waals surface area contributed by atoms with Gasteiger partial charge in [-0.1, -0.05) is 51.8 Å². The minimum atomic E-state index is -1.29. The normalized spacial score (nSPS) is 16.4. The molecule has 2 atom stereocenters. The highest BCUT2D eigenvalue weighted by molar-refractivity contribution is 9.10. The van der Waals surface area contributed by atoms with Gasteiger partial charge in [-0.15, -0.1) is 0 Å². The maximum atomic E-state index is 11.9. The highest BCUT2D eigenvalue weighted by Crippen LogP contribution is 2.17. The van der Waals surface area contributed by atoms with Crippen molar-refractivity contribution in [2.75, 3.05) is 19.8 Å². The SMILES string of the molecule is CC(C)(O)OCCC(O)C(Br)C(=O)N1CCOC1=O.Cc1ccccc1. The molecule has 1 aromatic carbocycles. The van der Waals surface area contributed by atoms with E-state index in [1.54, 1.807) is 0 Å². The lowest BCUT2D eigenvalue weighted by atomic mass is 10.1. The number of alkyl halides is 1. The number of ether oxygens (including phenoxy) is 2. The van der Waals surface area contributed by atoms with Crippen LogP contribution in [0.4, 0.5) is 4.79 Å². The lowest BCUT2D eigenvalue weighted by molar-refractivity contribution is -0.179. The van der Waals surface area contributed by atoms with Gasteiger partial charge in [0.2, 0.25) is 5.91 Å². The Morgan fingerprint density at radius 2 is 2.00 bits per heavy atom. The molecule has 2 N–H and O–H groups in total. The molecule has 2 rings (SSSR count). The van der Waals surface area contributed by atoms with Gasteiger partial charge in [-0.05, 0) is 27.2 Å². The van der Waals surface area contributed by atoms with Gasteiger partial charge < -0.3 is 19.7 Å². The Balaban J connectivity index is 0.000000401. The minimum Gasteiger partial charge on any atom is -0.447 e. The maximum Gasteiger partial charge on any atom is 0.416 e. The maximum absolute atomic E-state index is 11.9. The predicted molar refractivity (Wildman–Crippen MR) is 99.8 cm³/mol. The summed E-state index contributed by atoms with van der Waals surface area (Å²) in [6.07, 6.45) is -1.58. The largest absolute Gasteiger partial charge is 0.447 e. The molecule has 1 saturated heterocycles. The number of halogens is 1. The number of imide groups is 1. The fraction of sp³-hybridized carbons (Fsp3) is 0.556. The van der Waals surface area contributed by atoms with E-state index in [0.29, 0.717) is 0 Å². The highest BCUT2D eigenvalue weighted by atomic mass is 79.9. The first-order valence-corrected chi connectivity index (χ1v) is 9.21. The van der Waals surface area contributed by atoms with Crippen LogP contribution in [0.15, 0.2) is 30.3 Å². The zero-order valence-corrected chi connectivity index (χ0v) is 16.8. The molecule has 26 heavy (non-hydrogen) atoms. The number of nitrogens with zero attached hydrogens (tertiary/aromatic N) is 1. The Kier molecular flexibility index (Phi) is 9.21. The van der Waals surface area contributed by atoms with Crippen molar-refractivity contribution in [2.45, 2.75) is 43.9 Å². The molecular formula is C18H26BrNO6. The molecule has 2 amide bonds. The van der Waals surface area contributed by atoms with Crippen molar-refractivity contribution in [3.05, 3.63) is 35.9 Å². The summed E-state index contributed by atoms with van der Waals surface area (Å²) in [5, 5.41) is 19.2. The van der Waals surface area contributed by atoms with Crippen LogP contribution in [0.25, 0.3) is 0 Å². The van der Waals surface area contributed by atoms with E-state index in [9.17, 15) is 19.8 Å². The summed E-state index contributed by atoms with van der Waals surface area (Å²) in [6, 6.07) is 10.3. The molecule has 8 heteroatoms. The first-order valence-electron chi connectivity index (χ1n) is 8.30. The van der Waals surface area contributed by atoms with Crippen molar-refractivity contribution in [2.24, 2.45) is 0 Å². The van der Waals surface area contributed by atoms with Crippen LogP contribution >= 0.6 is 15.9 Å². The third-order valence-electron chi connectivity index (χ3n) is 3.41. The summed E-state index contributed by atoms with van der Waals surface area (Å²) in [5.74, 6) is -1.83. The number of amides is 2. The molecule has 1 aliphatic heterocycles. The van der Waals surface area contributed by atoms with Gasteiger partial charge in [0.05, 0.1) is 19.3 Å². The predicted octanol–water partition coefficient (Wildman–Crippen LogP) is 2.22. The molecule has 0 spiro atoms. The molecule has 7 nitrogen and oxygen atoms in total. The molecule has 2 unspecified atom stereocenters. The van der Waals surface area contributed by atoms with Crippen LogP contribution in [0.3, 0.4) is 0 Å². The number of aliphatic hydroxyl groups excluding tert-OH is 1. The lowest BCUT2D eigenvalue weighted by Crippen LogP contribution is -2.42. The van der Waals surface area contributed by atoms with Gasteiger partial charge in [0.25, 0.3) is 0 Å². The van der Waals surface area contributed by atoms with E-state index in [2.05, 4.69) is 39.7 Å². The highest BCUT2D eigenvalue weighted by Gasteiger charge is 2.35. The van der Waals surface area contributed by atoms with E-state index >= 15 is 0 Å². The van der Waals surface area contributed by atoms with Gasteiger partial charge in [-0.3, -0.25) is 4.79 Å². The summed E-state index contributed by atoms with van der Waals surface area (Å²) in [6.45, 7) is 5.46. The van der Waals surface area contributed by atoms with Gasteiger partial charge >= 0.3 is 6.09 Å². The summed E-state index contributed by atoms with van der Waals surface area (Å²) in [4.78, 5) is 23.1. The van der Waals surface area contributed by atoms with Crippen LogP contribution in [0.2, 0.25) is 0 Å². The molecule has 1 heterocycles. The Morgan fingerprint density at radius 1 is 1.38 bits per heavy atom. The van der Waals surface area contributed by atoms with Crippen LogP contribution in [0, 0.1) is 6.92 Å². The minimum absolute atomic E-state index is 0.0878. The Bertz CT molecular complexity index is 575. The number of carbonyl (C=O) groups excluding carboxylic acids is 2. The van der Waals surface area contributed by atoms with Crippen LogP contribution in [0.5, 0.6) is 0 Å². The molecule has 1 fully saturated rings. The van der Waals surface area contributed by atoms with E-state index in [1.165, 1.54) is 19.4 Å². The van der Waals surface area contributed by atoms with Gasteiger partial charge in [0.1, 0.15) is 11.4 Å². The number of benzene rings is 1. The molecule has 146 valence electrons. The average Bonchev–Trinajstić information content (AvgIpc) is 2.99. The van der Waals surface area contributed by atoms with Crippen molar-refractivity contribution in [3.63, 3.8) is 0 Å². The van der Waals surface area contributed by atoms with E-state index in [1.807, 2.05) is 18.2 Å². The first-order chi connectivity index (χ1) is 12.1. The number of hydrogen-bond acceptors (Lipinski definition) is 6.